The van der Waals surface area contributed by atoms with Gasteiger partial charge < -0.3 is 9.84 Å². The summed E-state index contributed by atoms with van der Waals surface area (Å²) in [4.78, 5) is 10.7. The van der Waals surface area contributed by atoms with E-state index in [2.05, 4.69) is 13.0 Å². The highest BCUT2D eigenvalue weighted by atomic mass is 16.5. The molecule has 0 heterocycles. The van der Waals surface area contributed by atoms with Gasteiger partial charge in [0.15, 0.2) is 0 Å². The molecule has 1 saturated carbocycles. The Morgan fingerprint density at radius 1 is 1.30 bits per heavy atom. The number of carbonyl (C=O) groups is 1. The fourth-order valence-corrected chi connectivity index (χ4v) is 3.24. The molecule has 1 aliphatic rings. The van der Waals surface area contributed by atoms with Crippen LogP contribution < -0.4 is 4.74 Å². The van der Waals surface area contributed by atoms with Gasteiger partial charge in [0.1, 0.15) is 5.75 Å². The van der Waals surface area contributed by atoms with Crippen molar-refractivity contribution in [2.75, 3.05) is 7.11 Å². The van der Waals surface area contributed by atoms with E-state index in [1.165, 1.54) is 37.7 Å². The van der Waals surface area contributed by atoms with Crippen LogP contribution in [0.3, 0.4) is 0 Å². The average molecular weight is 276 g/mol. The monoisotopic (exact) mass is 276 g/mol. The van der Waals surface area contributed by atoms with Crippen LogP contribution in [0.5, 0.6) is 5.75 Å². The minimum atomic E-state index is -0.744. The third-order valence-electron chi connectivity index (χ3n) is 4.50. The lowest BCUT2D eigenvalue weighted by molar-refractivity contribution is -0.136. The van der Waals surface area contributed by atoms with Gasteiger partial charge in [0.2, 0.25) is 0 Å². The molecule has 0 aliphatic heterocycles. The molecule has 1 aromatic carbocycles. The molecule has 0 unspecified atom stereocenters. The molecule has 20 heavy (non-hydrogen) atoms. The zero-order chi connectivity index (χ0) is 14.6. The Hall–Kier alpha value is -1.51. The molecule has 0 saturated heterocycles. The van der Waals surface area contributed by atoms with Crippen molar-refractivity contribution < 1.29 is 14.6 Å². The van der Waals surface area contributed by atoms with E-state index >= 15 is 0 Å². The minimum Gasteiger partial charge on any atom is -0.496 e. The van der Waals surface area contributed by atoms with E-state index in [0.717, 1.165) is 11.3 Å². The molecule has 1 aromatic rings. The normalized spacial score (nSPS) is 17.7. The van der Waals surface area contributed by atoms with Gasteiger partial charge in [-0.25, -0.2) is 0 Å². The lowest BCUT2D eigenvalue weighted by atomic mass is 9.70. The molecule has 110 valence electrons. The van der Waals surface area contributed by atoms with Gasteiger partial charge in [0.05, 0.1) is 7.11 Å². The van der Waals surface area contributed by atoms with Gasteiger partial charge in [-0.3, -0.25) is 4.79 Å². The van der Waals surface area contributed by atoms with Crippen LogP contribution in [-0.2, 0) is 16.6 Å². The van der Waals surface area contributed by atoms with Gasteiger partial charge in [-0.05, 0) is 36.3 Å². The number of rotatable bonds is 5. The Balaban J connectivity index is 2.28. The molecular weight excluding hydrogens is 252 g/mol. The summed E-state index contributed by atoms with van der Waals surface area (Å²) in [5.74, 6) is 0.194. The summed E-state index contributed by atoms with van der Waals surface area (Å²) in [7, 11) is 1.71. The van der Waals surface area contributed by atoms with Crippen molar-refractivity contribution in [1.82, 2.24) is 0 Å². The predicted octanol–water partition coefficient (Wildman–Crippen LogP) is 3.93. The van der Waals surface area contributed by atoms with Gasteiger partial charge in [-0.1, -0.05) is 38.3 Å². The Kier molecular flexibility index (Phi) is 4.69. The second-order valence-electron chi connectivity index (χ2n) is 6.05. The number of aryl methyl sites for hydroxylation is 1. The van der Waals surface area contributed by atoms with Crippen molar-refractivity contribution in [2.24, 2.45) is 0 Å². The Labute approximate surface area is 121 Å². The smallest absolute Gasteiger partial charge is 0.303 e. The van der Waals surface area contributed by atoms with Crippen molar-refractivity contribution in [1.29, 1.82) is 0 Å². The SMILES string of the molecule is COc1ccc(CCC(=O)O)cc1C1(C)CCCCC1. The van der Waals surface area contributed by atoms with Crippen LogP contribution in [0.15, 0.2) is 18.2 Å². The third kappa shape index (κ3) is 3.33. The van der Waals surface area contributed by atoms with Crippen molar-refractivity contribution >= 4 is 5.97 Å². The molecule has 0 atom stereocenters. The fraction of sp³-hybridized carbons (Fsp3) is 0.588. The number of benzene rings is 1. The second-order valence-corrected chi connectivity index (χ2v) is 6.05. The Bertz CT molecular complexity index is 473. The molecule has 2 rings (SSSR count). The summed E-state index contributed by atoms with van der Waals surface area (Å²) >= 11 is 0. The van der Waals surface area contributed by atoms with E-state index in [4.69, 9.17) is 9.84 Å². The summed E-state index contributed by atoms with van der Waals surface area (Å²) in [6, 6.07) is 6.14. The first kappa shape index (κ1) is 14.9. The number of carboxylic acids is 1. The molecule has 0 spiro atoms. The van der Waals surface area contributed by atoms with Crippen LogP contribution >= 0.6 is 0 Å². The van der Waals surface area contributed by atoms with Crippen molar-refractivity contribution in [3.8, 4) is 5.75 Å². The van der Waals surface area contributed by atoms with Gasteiger partial charge in [-0.2, -0.15) is 0 Å². The highest BCUT2D eigenvalue weighted by Gasteiger charge is 2.31. The zero-order valence-electron chi connectivity index (χ0n) is 12.4. The van der Waals surface area contributed by atoms with Crippen molar-refractivity contribution in [2.45, 2.75) is 57.3 Å². The zero-order valence-corrected chi connectivity index (χ0v) is 12.4. The third-order valence-corrected chi connectivity index (χ3v) is 4.50. The van der Waals surface area contributed by atoms with Gasteiger partial charge >= 0.3 is 5.97 Å². The number of carboxylic acid groups (broad SMARTS) is 1. The maximum atomic E-state index is 10.7. The quantitative estimate of drug-likeness (QED) is 0.886. The van der Waals surface area contributed by atoms with Crippen molar-refractivity contribution in [3.63, 3.8) is 0 Å². The molecule has 3 nitrogen and oxygen atoms in total. The van der Waals surface area contributed by atoms with Crippen LogP contribution in [0.1, 0.15) is 56.6 Å². The standard InChI is InChI=1S/C17H24O3/c1-17(10-4-3-5-11-17)14-12-13(7-9-16(18)19)6-8-15(14)20-2/h6,8,12H,3-5,7,9-11H2,1-2H3,(H,18,19). The topological polar surface area (TPSA) is 46.5 Å². The number of aliphatic carboxylic acids is 1. The molecule has 3 heteroatoms. The molecular formula is C17H24O3. The van der Waals surface area contributed by atoms with Crippen LogP contribution in [0, 0.1) is 0 Å². The summed E-state index contributed by atoms with van der Waals surface area (Å²) in [5, 5.41) is 8.82. The fourth-order valence-electron chi connectivity index (χ4n) is 3.24. The van der Waals surface area contributed by atoms with Gasteiger partial charge in [0, 0.05) is 12.0 Å². The maximum Gasteiger partial charge on any atom is 0.303 e. The minimum absolute atomic E-state index is 0.169. The van der Waals surface area contributed by atoms with E-state index in [1.807, 2.05) is 12.1 Å². The first-order chi connectivity index (χ1) is 9.55. The molecule has 0 aromatic heterocycles. The summed E-state index contributed by atoms with van der Waals surface area (Å²) in [6.45, 7) is 2.31. The van der Waals surface area contributed by atoms with E-state index < -0.39 is 5.97 Å². The number of ether oxygens (including phenoxy) is 1. The lowest BCUT2D eigenvalue weighted by Crippen LogP contribution is -2.25. The van der Waals surface area contributed by atoms with Crippen LogP contribution in [0.25, 0.3) is 0 Å². The molecule has 1 aliphatic carbocycles. The van der Waals surface area contributed by atoms with Gasteiger partial charge in [0.25, 0.3) is 0 Å². The maximum absolute atomic E-state index is 10.7. The first-order valence-corrected chi connectivity index (χ1v) is 7.44. The Morgan fingerprint density at radius 2 is 2.00 bits per heavy atom. The van der Waals surface area contributed by atoms with E-state index in [-0.39, 0.29) is 11.8 Å². The summed E-state index contributed by atoms with van der Waals surface area (Å²) < 4.78 is 5.53. The summed E-state index contributed by atoms with van der Waals surface area (Å²) in [6.07, 6.45) is 6.98. The predicted molar refractivity (Wildman–Crippen MR) is 79.4 cm³/mol. The first-order valence-electron chi connectivity index (χ1n) is 7.44. The highest BCUT2D eigenvalue weighted by Crippen LogP contribution is 2.43. The number of methoxy groups -OCH3 is 1. The van der Waals surface area contributed by atoms with E-state index in [0.29, 0.717) is 6.42 Å². The Morgan fingerprint density at radius 3 is 2.60 bits per heavy atom. The highest BCUT2D eigenvalue weighted by molar-refractivity contribution is 5.67. The van der Waals surface area contributed by atoms with Crippen molar-refractivity contribution in [3.05, 3.63) is 29.3 Å². The lowest BCUT2D eigenvalue weighted by Gasteiger charge is -2.35. The molecule has 0 radical (unpaired) electrons. The van der Waals surface area contributed by atoms with E-state index in [9.17, 15) is 4.79 Å². The van der Waals surface area contributed by atoms with E-state index in [1.54, 1.807) is 7.11 Å². The van der Waals surface area contributed by atoms with Crippen LogP contribution in [-0.4, -0.2) is 18.2 Å². The molecule has 1 fully saturated rings. The van der Waals surface area contributed by atoms with Crippen LogP contribution in [0.4, 0.5) is 0 Å². The average Bonchev–Trinajstić information content (AvgIpc) is 2.45. The van der Waals surface area contributed by atoms with Crippen LogP contribution in [0.2, 0.25) is 0 Å². The molecule has 0 amide bonds. The van der Waals surface area contributed by atoms with Gasteiger partial charge in [-0.15, -0.1) is 0 Å². The summed E-state index contributed by atoms with van der Waals surface area (Å²) in [5.41, 5.74) is 2.51. The molecule has 1 N–H and O–H groups in total. The second kappa shape index (κ2) is 6.29. The number of hydrogen-bond donors (Lipinski definition) is 1. The molecule has 0 bridgehead atoms. The largest absolute Gasteiger partial charge is 0.496 e. The number of hydrogen-bond acceptors (Lipinski definition) is 2.